The molecular weight excluding hydrogens is 235 g/mol. The van der Waals surface area contributed by atoms with Crippen molar-refractivity contribution in [3.63, 3.8) is 0 Å². The van der Waals surface area contributed by atoms with Crippen LogP contribution in [-0.2, 0) is 0 Å². The van der Waals surface area contributed by atoms with E-state index in [9.17, 15) is 4.39 Å². The van der Waals surface area contributed by atoms with Crippen LogP contribution in [0.15, 0.2) is 24.3 Å². The van der Waals surface area contributed by atoms with Crippen LogP contribution >= 0.6 is 12.4 Å². The first-order chi connectivity index (χ1) is 7.08. The molecule has 0 fully saturated rings. The van der Waals surface area contributed by atoms with Crippen LogP contribution in [0.5, 0.6) is 0 Å². The smallest absolute Gasteiger partial charge is 0.212 e. The summed E-state index contributed by atoms with van der Waals surface area (Å²) in [6, 6.07) is 5.51. The predicted molar refractivity (Wildman–Crippen MR) is 63.2 cm³/mol. The first-order valence-electron chi connectivity index (χ1n) is 4.05. The normalized spacial score (nSPS) is 8.56. The van der Waals surface area contributed by atoms with Gasteiger partial charge in [0.2, 0.25) is 11.9 Å². The Hall–Kier alpha value is -2.02. The van der Waals surface area contributed by atoms with Gasteiger partial charge in [0, 0.05) is 5.69 Å². The minimum Gasteiger partial charge on any atom is -0.369 e. The largest absolute Gasteiger partial charge is 0.369 e. The summed E-state index contributed by atoms with van der Waals surface area (Å²) in [6.07, 6.45) is 0. The van der Waals surface area contributed by atoms with E-state index in [-0.39, 0.29) is 30.1 Å². The molecule has 7 N–H and O–H groups in total. The summed E-state index contributed by atoms with van der Waals surface area (Å²) in [7, 11) is 0. The van der Waals surface area contributed by atoms with Crippen molar-refractivity contribution < 1.29 is 4.39 Å². The Kier molecular flexibility index (Phi) is 5.65. The number of nitrogens with two attached hydrogens (primary N) is 1. The highest BCUT2D eigenvalue weighted by atomic mass is 35.5. The molecule has 8 heteroatoms. The second kappa shape index (κ2) is 6.46. The van der Waals surface area contributed by atoms with Crippen molar-refractivity contribution in [2.75, 3.05) is 5.32 Å². The highest BCUT2D eigenvalue weighted by molar-refractivity contribution is 5.92. The molecule has 0 amide bonds. The number of nitrogens with one attached hydrogen (secondary N) is 5. The van der Waals surface area contributed by atoms with E-state index in [1.165, 1.54) is 24.3 Å². The number of hydrazine groups is 1. The zero-order valence-corrected chi connectivity index (χ0v) is 8.99. The molecule has 0 aliphatic heterocycles. The molecule has 0 unspecified atom stereocenters. The number of halogens is 2. The van der Waals surface area contributed by atoms with Crippen molar-refractivity contribution in [2.45, 2.75) is 0 Å². The molecule has 0 heterocycles. The van der Waals surface area contributed by atoms with Crippen molar-refractivity contribution in [3.8, 4) is 0 Å². The molecule has 6 nitrogen and oxygen atoms in total. The molecule has 1 rings (SSSR count). The van der Waals surface area contributed by atoms with Gasteiger partial charge in [-0.2, -0.15) is 0 Å². The molecule has 16 heavy (non-hydrogen) atoms. The van der Waals surface area contributed by atoms with Crippen molar-refractivity contribution >= 4 is 30.0 Å². The molecule has 0 saturated carbocycles. The highest BCUT2D eigenvalue weighted by Crippen LogP contribution is 2.07. The Bertz CT molecular complexity index is 365. The van der Waals surface area contributed by atoms with Gasteiger partial charge in [0.25, 0.3) is 0 Å². The number of hydrogen-bond acceptors (Lipinski definition) is 2. The summed E-state index contributed by atoms with van der Waals surface area (Å²) < 4.78 is 12.5. The molecule has 0 aliphatic rings. The van der Waals surface area contributed by atoms with Crippen LogP contribution in [-0.4, -0.2) is 11.9 Å². The molecule has 0 spiro atoms. The fourth-order valence-corrected chi connectivity index (χ4v) is 0.839. The van der Waals surface area contributed by atoms with E-state index in [0.717, 1.165) is 0 Å². The molecule has 0 aliphatic carbocycles. The Morgan fingerprint density at radius 3 is 2.19 bits per heavy atom. The fourth-order valence-electron chi connectivity index (χ4n) is 0.839. The molecule has 0 bridgehead atoms. The maximum atomic E-state index is 12.5. The van der Waals surface area contributed by atoms with Crippen molar-refractivity contribution in [1.29, 1.82) is 10.8 Å². The minimum atomic E-state index is -0.345. The number of guanidine groups is 2. The summed E-state index contributed by atoms with van der Waals surface area (Å²) in [6.45, 7) is 0. The average molecular weight is 247 g/mol. The van der Waals surface area contributed by atoms with Gasteiger partial charge in [-0.05, 0) is 24.3 Å². The number of rotatable bonds is 1. The van der Waals surface area contributed by atoms with Crippen LogP contribution < -0.4 is 21.9 Å². The lowest BCUT2D eigenvalue weighted by atomic mass is 10.3. The maximum Gasteiger partial charge on any atom is 0.212 e. The van der Waals surface area contributed by atoms with E-state index >= 15 is 0 Å². The summed E-state index contributed by atoms with van der Waals surface area (Å²) in [4.78, 5) is 0. The third-order valence-corrected chi connectivity index (χ3v) is 1.44. The SMILES string of the molecule is Cl.N=C(N)NNC(=N)Nc1ccc(F)cc1. The van der Waals surface area contributed by atoms with Gasteiger partial charge >= 0.3 is 0 Å². The van der Waals surface area contributed by atoms with E-state index in [1.807, 2.05) is 0 Å². The van der Waals surface area contributed by atoms with Gasteiger partial charge in [-0.25, -0.2) is 4.39 Å². The van der Waals surface area contributed by atoms with Crippen molar-refractivity contribution in [2.24, 2.45) is 5.73 Å². The van der Waals surface area contributed by atoms with E-state index < -0.39 is 0 Å². The van der Waals surface area contributed by atoms with E-state index in [0.29, 0.717) is 5.69 Å². The second-order valence-corrected chi connectivity index (χ2v) is 2.67. The molecule has 0 aromatic heterocycles. The van der Waals surface area contributed by atoms with Gasteiger partial charge in [0.05, 0.1) is 0 Å². The van der Waals surface area contributed by atoms with E-state index in [2.05, 4.69) is 16.2 Å². The fraction of sp³-hybridized carbons (Fsp3) is 0. The standard InChI is InChI=1S/C8H11FN6.ClH/c9-5-1-3-6(4-2-5)13-8(12)15-14-7(10)11;/h1-4H,(H4,10,11,14)(H3,12,13,15);1H. The van der Waals surface area contributed by atoms with Crippen LogP contribution in [0.2, 0.25) is 0 Å². The maximum absolute atomic E-state index is 12.5. The van der Waals surface area contributed by atoms with Gasteiger partial charge < -0.3 is 11.1 Å². The Morgan fingerprint density at radius 2 is 1.69 bits per heavy atom. The molecule has 0 saturated heterocycles. The summed E-state index contributed by atoms with van der Waals surface area (Å²) in [5, 5.41) is 16.8. The van der Waals surface area contributed by atoms with Crippen molar-refractivity contribution in [3.05, 3.63) is 30.1 Å². The molecule has 0 radical (unpaired) electrons. The monoisotopic (exact) mass is 246 g/mol. The van der Waals surface area contributed by atoms with E-state index in [1.54, 1.807) is 0 Å². The number of anilines is 1. The van der Waals surface area contributed by atoms with Gasteiger partial charge in [-0.15, -0.1) is 12.4 Å². The summed E-state index contributed by atoms with van der Waals surface area (Å²) >= 11 is 0. The first kappa shape index (κ1) is 14.0. The predicted octanol–water partition coefficient (Wildman–Crippen LogP) is 0.582. The lowest BCUT2D eigenvalue weighted by Gasteiger charge is -2.10. The van der Waals surface area contributed by atoms with Crippen LogP contribution in [0, 0.1) is 16.6 Å². The average Bonchev–Trinajstić information content (AvgIpc) is 2.19. The molecule has 88 valence electrons. The molecule has 0 atom stereocenters. The van der Waals surface area contributed by atoms with Crippen LogP contribution in [0.1, 0.15) is 0 Å². The van der Waals surface area contributed by atoms with Crippen LogP contribution in [0.4, 0.5) is 10.1 Å². The molecule has 1 aromatic rings. The topological polar surface area (TPSA) is 110 Å². The van der Waals surface area contributed by atoms with E-state index in [4.69, 9.17) is 16.6 Å². The lowest BCUT2D eigenvalue weighted by Crippen LogP contribution is -2.47. The number of benzene rings is 1. The van der Waals surface area contributed by atoms with Crippen LogP contribution in [0.25, 0.3) is 0 Å². The van der Waals surface area contributed by atoms with Gasteiger partial charge in [-0.1, -0.05) is 0 Å². The summed E-state index contributed by atoms with van der Waals surface area (Å²) in [5.41, 5.74) is 10.1. The third-order valence-electron chi connectivity index (χ3n) is 1.44. The quantitative estimate of drug-likeness (QED) is 0.247. The lowest BCUT2D eigenvalue weighted by molar-refractivity contribution is 0.628. The van der Waals surface area contributed by atoms with Crippen LogP contribution in [0.3, 0.4) is 0 Å². The third kappa shape index (κ3) is 5.01. The number of hydrogen-bond donors (Lipinski definition) is 6. The Balaban J connectivity index is 0.00000225. The second-order valence-electron chi connectivity index (χ2n) is 2.67. The molecule has 1 aromatic carbocycles. The minimum absolute atomic E-state index is 0. The Morgan fingerprint density at radius 1 is 1.12 bits per heavy atom. The van der Waals surface area contributed by atoms with Gasteiger partial charge in [-0.3, -0.25) is 21.7 Å². The van der Waals surface area contributed by atoms with Crippen molar-refractivity contribution in [1.82, 2.24) is 10.9 Å². The first-order valence-corrected chi connectivity index (χ1v) is 4.05. The zero-order valence-electron chi connectivity index (χ0n) is 8.17. The highest BCUT2D eigenvalue weighted by Gasteiger charge is 1.97. The molecular formula is C8H12ClFN6. The Labute approximate surface area is 97.8 Å². The van der Waals surface area contributed by atoms with Gasteiger partial charge in [0.15, 0.2) is 0 Å². The van der Waals surface area contributed by atoms with Gasteiger partial charge in [0.1, 0.15) is 5.82 Å². The zero-order chi connectivity index (χ0) is 11.3. The summed E-state index contributed by atoms with van der Waals surface area (Å²) in [5.74, 6) is -0.751.